The maximum Gasteiger partial charge on any atom is 0.404 e. The molecule has 24 heavy (non-hydrogen) atoms. The standard InChI is InChI=1S/C16H16FN3O3S/c1-9-19-13(14(24-9)10-2-4-11(17)5-3-10)15(21)20-7-6-12(20)8-18-16(22)23/h2-5,12,18H,6-8H2,1H3,(H,22,23). The largest absolute Gasteiger partial charge is 0.465 e. The molecule has 126 valence electrons. The van der Waals surface area contributed by atoms with Crippen molar-refractivity contribution >= 4 is 23.3 Å². The van der Waals surface area contributed by atoms with E-state index in [4.69, 9.17) is 5.11 Å². The molecule has 0 bridgehead atoms. The Balaban J connectivity index is 1.83. The van der Waals surface area contributed by atoms with Gasteiger partial charge < -0.3 is 15.3 Å². The molecule has 1 saturated heterocycles. The summed E-state index contributed by atoms with van der Waals surface area (Å²) >= 11 is 1.38. The molecule has 1 aliphatic heterocycles. The number of carbonyl (C=O) groups excluding carboxylic acids is 1. The molecule has 6 nitrogen and oxygen atoms in total. The summed E-state index contributed by atoms with van der Waals surface area (Å²) in [4.78, 5) is 30.0. The van der Waals surface area contributed by atoms with Crippen molar-refractivity contribution in [1.29, 1.82) is 0 Å². The van der Waals surface area contributed by atoms with Crippen LogP contribution in [-0.4, -0.2) is 46.1 Å². The second-order valence-corrected chi connectivity index (χ2v) is 6.75. The van der Waals surface area contributed by atoms with Crippen molar-refractivity contribution in [2.75, 3.05) is 13.1 Å². The molecule has 1 atom stereocenters. The summed E-state index contributed by atoms with van der Waals surface area (Å²) in [6.45, 7) is 2.59. The number of nitrogens with one attached hydrogen (secondary N) is 1. The third-order valence-corrected chi connectivity index (χ3v) is 4.96. The number of likely N-dealkylation sites (tertiary alicyclic amines) is 1. The Morgan fingerprint density at radius 1 is 1.42 bits per heavy atom. The summed E-state index contributed by atoms with van der Waals surface area (Å²) in [5, 5.41) is 11.7. The summed E-state index contributed by atoms with van der Waals surface area (Å²) in [6, 6.07) is 5.79. The van der Waals surface area contributed by atoms with Crippen LogP contribution in [0.25, 0.3) is 10.4 Å². The molecule has 2 amide bonds. The van der Waals surface area contributed by atoms with Crippen LogP contribution in [0.5, 0.6) is 0 Å². The fourth-order valence-electron chi connectivity index (χ4n) is 2.63. The number of rotatable bonds is 4. The topological polar surface area (TPSA) is 82.5 Å². The highest BCUT2D eigenvalue weighted by atomic mass is 32.1. The van der Waals surface area contributed by atoms with Gasteiger partial charge in [-0.15, -0.1) is 11.3 Å². The van der Waals surface area contributed by atoms with Crippen LogP contribution in [0.4, 0.5) is 9.18 Å². The lowest BCUT2D eigenvalue weighted by Crippen LogP contribution is -2.56. The Labute approximate surface area is 141 Å². The zero-order valence-electron chi connectivity index (χ0n) is 13.0. The van der Waals surface area contributed by atoms with Crippen LogP contribution in [0.1, 0.15) is 21.9 Å². The minimum Gasteiger partial charge on any atom is -0.465 e. The quantitative estimate of drug-likeness (QED) is 0.889. The lowest BCUT2D eigenvalue weighted by molar-refractivity contribution is 0.0458. The first-order valence-electron chi connectivity index (χ1n) is 7.47. The summed E-state index contributed by atoms with van der Waals surface area (Å²) < 4.78 is 13.1. The van der Waals surface area contributed by atoms with E-state index in [1.165, 1.54) is 23.5 Å². The van der Waals surface area contributed by atoms with E-state index >= 15 is 0 Å². The number of carboxylic acid groups (broad SMARTS) is 1. The molecule has 3 rings (SSSR count). The van der Waals surface area contributed by atoms with Crippen molar-refractivity contribution in [3.63, 3.8) is 0 Å². The Hall–Kier alpha value is -2.48. The first-order valence-corrected chi connectivity index (χ1v) is 8.28. The van der Waals surface area contributed by atoms with Gasteiger partial charge in [-0.1, -0.05) is 12.1 Å². The molecule has 0 radical (unpaired) electrons. The molecule has 1 aliphatic rings. The second-order valence-electron chi connectivity index (χ2n) is 5.54. The van der Waals surface area contributed by atoms with Gasteiger partial charge in [0.15, 0.2) is 0 Å². The Kier molecular flexibility index (Phi) is 4.48. The van der Waals surface area contributed by atoms with E-state index < -0.39 is 6.09 Å². The highest BCUT2D eigenvalue weighted by Crippen LogP contribution is 2.32. The van der Waals surface area contributed by atoms with Gasteiger partial charge in [-0.05, 0) is 31.0 Å². The molecule has 2 aromatic rings. The molecule has 0 spiro atoms. The van der Waals surface area contributed by atoms with Crippen LogP contribution in [0.2, 0.25) is 0 Å². The third-order valence-electron chi connectivity index (χ3n) is 3.94. The summed E-state index contributed by atoms with van der Waals surface area (Å²) in [5.41, 5.74) is 1.08. The zero-order valence-corrected chi connectivity index (χ0v) is 13.8. The number of thiazole rings is 1. The number of halogens is 1. The van der Waals surface area contributed by atoms with Crippen LogP contribution in [-0.2, 0) is 0 Å². The van der Waals surface area contributed by atoms with Gasteiger partial charge in [0.05, 0.1) is 15.9 Å². The molecule has 0 saturated carbocycles. The van der Waals surface area contributed by atoms with E-state index in [-0.39, 0.29) is 24.3 Å². The van der Waals surface area contributed by atoms with Gasteiger partial charge >= 0.3 is 6.09 Å². The van der Waals surface area contributed by atoms with Crippen molar-refractivity contribution in [2.24, 2.45) is 0 Å². The minimum atomic E-state index is -1.11. The van der Waals surface area contributed by atoms with Crippen LogP contribution < -0.4 is 5.32 Å². The number of aromatic nitrogens is 1. The maximum absolute atomic E-state index is 13.1. The SMILES string of the molecule is Cc1nc(C(=O)N2CCC2CNC(=O)O)c(-c2ccc(F)cc2)s1. The number of aryl methyl sites for hydroxylation is 1. The number of nitrogens with zero attached hydrogens (tertiary/aromatic N) is 2. The van der Waals surface area contributed by atoms with Crippen molar-refractivity contribution < 1.29 is 19.1 Å². The van der Waals surface area contributed by atoms with Crippen molar-refractivity contribution in [3.8, 4) is 10.4 Å². The fraction of sp³-hybridized carbons (Fsp3) is 0.312. The van der Waals surface area contributed by atoms with Gasteiger partial charge in [-0.25, -0.2) is 14.2 Å². The number of hydrogen-bond donors (Lipinski definition) is 2. The molecule has 1 fully saturated rings. The predicted molar refractivity (Wildman–Crippen MR) is 87.7 cm³/mol. The van der Waals surface area contributed by atoms with E-state index in [1.54, 1.807) is 17.0 Å². The molecular formula is C16H16FN3O3S. The van der Waals surface area contributed by atoms with Gasteiger partial charge in [-0.3, -0.25) is 4.79 Å². The normalized spacial score (nSPS) is 16.6. The van der Waals surface area contributed by atoms with Gasteiger partial charge in [0.25, 0.3) is 5.91 Å². The summed E-state index contributed by atoms with van der Waals surface area (Å²) in [5.74, 6) is -0.558. The average molecular weight is 349 g/mol. The molecule has 2 N–H and O–H groups in total. The van der Waals surface area contributed by atoms with Crippen LogP contribution >= 0.6 is 11.3 Å². The molecule has 1 unspecified atom stereocenters. The third kappa shape index (κ3) is 3.23. The Bertz CT molecular complexity index is 775. The van der Waals surface area contributed by atoms with Crippen LogP contribution in [0.3, 0.4) is 0 Å². The molecular weight excluding hydrogens is 333 g/mol. The maximum atomic E-state index is 13.1. The number of carbonyl (C=O) groups is 2. The Morgan fingerprint density at radius 2 is 2.12 bits per heavy atom. The molecule has 1 aromatic carbocycles. The molecule has 2 heterocycles. The van der Waals surface area contributed by atoms with Crippen molar-refractivity contribution in [1.82, 2.24) is 15.2 Å². The van der Waals surface area contributed by atoms with Gasteiger partial charge in [0, 0.05) is 13.1 Å². The second kappa shape index (κ2) is 6.56. The van der Waals surface area contributed by atoms with Gasteiger partial charge in [0.1, 0.15) is 11.5 Å². The smallest absolute Gasteiger partial charge is 0.404 e. The summed E-state index contributed by atoms with van der Waals surface area (Å²) in [7, 11) is 0. The number of benzene rings is 1. The fourth-order valence-corrected chi connectivity index (χ4v) is 3.55. The summed E-state index contributed by atoms with van der Waals surface area (Å²) in [6.07, 6.45) is -0.355. The number of hydrogen-bond acceptors (Lipinski definition) is 4. The van der Waals surface area contributed by atoms with E-state index in [2.05, 4.69) is 10.3 Å². The first kappa shape index (κ1) is 16.4. The van der Waals surface area contributed by atoms with Crippen molar-refractivity contribution in [3.05, 3.63) is 40.8 Å². The van der Waals surface area contributed by atoms with Gasteiger partial charge in [-0.2, -0.15) is 0 Å². The highest BCUT2D eigenvalue weighted by Gasteiger charge is 2.35. The predicted octanol–water partition coefficient (Wildman–Crippen LogP) is 2.74. The monoisotopic (exact) mass is 349 g/mol. The van der Waals surface area contributed by atoms with E-state index in [9.17, 15) is 14.0 Å². The lowest BCUT2D eigenvalue weighted by atomic mass is 10.0. The van der Waals surface area contributed by atoms with E-state index in [0.717, 1.165) is 17.0 Å². The lowest BCUT2D eigenvalue weighted by Gasteiger charge is -2.40. The van der Waals surface area contributed by atoms with E-state index in [1.807, 2.05) is 6.92 Å². The number of amides is 2. The average Bonchev–Trinajstić information content (AvgIpc) is 2.88. The van der Waals surface area contributed by atoms with Gasteiger partial charge in [0.2, 0.25) is 0 Å². The van der Waals surface area contributed by atoms with Crippen molar-refractivity contribution in [2.45, 2.75) is 19.4 Å². The molecule has 8 heteroatoms. The van der Waals surface area contributed by atoms with Crippen LogP contribution in [0, 0.1) is 12.7 Å². The molecule has 0 aliphatic carbocycles. The molecule has 1 aromatic heterocycles. The minimum absolute atomic E-state index is 0.156. The first-order chi connectivity index (χ1) is 11.5. The highest BCUT2D eigenvalue weighted by molar-refractivity contribution is 7.15. The Morgan fingerprint density at radius 3 is 2.71 bits per heavy atom. The zero-order chi connectivity index (χ0) is 17.3. The van der Waals surface area contributed by atoms with Crippen LogP contribution in [0.15, 0.2) is 24.3 Å². The van der Waals surface area contributed by atoms with E-state index in [0.29, 0.717) is 17.1 Å².